The van der Waals surface area contributed by atoms with Gasteiger partial charge in [-0.3, -0.25) is 9.69 Å². The Bertz CT molecular complexity index is 886. The topological polar surface area (TPSA) is 84.9 Å². The number of imide groups is 1. The molecule has 0 saturated carbocycles. The number of carbonyl (C=O) groups excluding carboxylic acids is 3. The molecule has 7 nitrogen and oxygen atoms in total. The number of rotatable bonds is 7. The summed E-state index contributed by atoms with van der Waals surface area (Å²) < 4.78 is 10.6. The molecule has 3 rings (SSSR count). The number of nitrogens with zero attached hydrogens (tertiary/aromatic N) is 1. The number of hydrogen-bond acceptors (Lipinski definition) is 5. The average molecular weight is 423 g/mol. The minimum Gasteiger partial charge on any atom is -0.488 e. The van der Waals surface area contributed by atoms with Crippen molar-refractivity contribution in [2.75, 3.05) is 19.8 Å². The van der Waals surface area contributed by atoms with Crippen molar-refractivity contribution in [3.05, 3.63) is 63.6 Å². The van der Waals surface area contributed by atoms with Crippen LogP contribution in [0.3, 0.4) is 0 Å². The molecule has 0 atom stereocenters. The first-order valence-electron chi connectivity index (χ1n) is 8.36. The predicted molar refractivity (Wildman–Crippen MR) is 103 cm³/mol. The Morgan fingerprint density at radius 2 is 1.82 bits per heavy atom. The fourth-order valence-electron chi connectivity index (χ4n) is 2.51. The number of esters is 1. The average Bonchev–Trinajstić information content (AvgIpc) is 2.99. The first-order chi connectivity index (χ1) is 13.4. The first kappa shape index (κ1) is 20.0. The van der Waals surface area contributed by atoms with E-state index in [0.29, 0.717) is 21.4 Å². The number of nitrogens with one attached hydrogen (secondary N) is 1. The predicted octanol–water partition coefficient (Wildman–Crippen LogP) is 3.28. The standard InChI is InChI=1S/C19H16Cl2N2O5/c20-14-5-6-16(15(21)9-14)27-7-8-28-18(25)13-3-1-12(2-4-13)11-23-17(24)10-22-19(23)26/h1-6,9H,7-8,10-11H2,(H,22,26). The van der Waals surface area contributed by atoms with Gasteiger partial charge in [0.1, 0.15) is 19.0 Å². The third-order valence-electron chi connectivity index (χ3n) is 3.94. The van der Waals surface area contributed by atoms with Crippen LogP contribution in [0.5, 0.6) is 5.75 Å². The molecule has 146 valence electrons. The van der Waals surface area contributed by atoms with Crippen molar-refractivity contribution in [3.63, 3.8) is 0 Å². The molecule has 28 heavy (non-hydrogen) atoms. The van der Waals surface area contributed by atoms with Crippen molar-refractivity contribution in [3.8, 4) is 5.75 Å². The number of ether oxygens (including phenoxy) is 2. The molecule has 1 saturated heterocycles. The maximum atomic E-state index is 12.1. The summed E-state index contributed by atoms with van der Waals surface area (Å²) in [5.74, 6) is -0.339. The Morgan fingerprint density at radius 1 is 1.07 bits per heavy atom. The van der Waals surface area contributed by atoms with Crippen molar-refractivity contribution in [1.82, 2.24) is 10.2 Å². The van der Waals surface area contributed by atoms with Crippen molar-refractivity contribution in [1.29, 1.82) is 0 Å². The number of benzene rings is 2. The van der Waals surface area contributed by atoms with Crippen LogP contribution < -0.4 is 10.1 Å². The van der Waals surface area contributed by atoms with E-state index < -0.39 is 12.0 Å². The molecule has 1 aliphatic heterocycles. The summed E-state index contributed by atoms with van der Waals surface area (Å²) >= 11 is 11.8. The van der Waals surface area contributed by atoms with E-state index in [-0.39, 0.29) is 32.2 Å². The Morgan fingerprint density at radius 3 is 2.46 bits per heavy atom. The molecule has 0 spiro atoms. The summed E-state index contributed by atoms with van der Waals surface area (Å²) in [5.41, 5.74) is 1.08. The van der Waals surface area contributed by atoms with Crippen molar-refractivity contribution < 1.29 is 23.9 Å². The van der Waals surface area contributed by atoms with Gasteiger partial charge in [-0.25, -0.2) is 9.59 Å². The second-order valence-electron chi connectivity index (χ2n) is 5.89. The maximum Gasteiger partial charge on any atom is 0.338 e. The van der Waals surface area contributed by atoms with Gasteiger partial charge in [0.2, 0.25) is 5.91 Å². The molecule has 1 N–H and O–H groups in total. The van der Waals surface area contributed by atoms with Gasteiger partial charge in [0.15, 0.2) is 0 Å². The third-order valence-corrected chi connectivity index (χ3v) is 4.47. The lowest BCUT2D eigenvalue weighted by atomic mass is 10.1. The quantitative estimate of drug-likeness (QED) is 0.420. The van der Waals surface area contributed by atoms with Crippen LogP contribution in [0.25, 0.3) is 0 Å². The second-order valence-corrected chi connectivity index (χ2v) is 6.74. The molecule has 9 heteroatoms. The van der Waals surface area contributed by atoms with Crippen LogP contribution >= 0.6 is 23.2 Å². The van der Waals surface area contributed by atoms with E-state index in [1.807, 2.05) is 0 Å². The summed E-state index contributed by atoms with van der Waals surface area (Å²) in [5, 5.41) is 3.33. The molecule has 0 radical (unpaired) electrons. The van der Waals surface area contributed by atoms with Gasteiger partial charge >= 0.3 is 12.0 Å². The van der Waals surface area contributed by atoms with E-state index in [9.17, 15) is 14.4 Å². The zero-order valence-electron chi connectivity index (χ0n) is 14.6. The maximum absolute atomic E-state index is 12.1. The molecular weight excluding hydrogens is 407 g/mol. The van der Waals surface area contributed by atoms with Gasteiger partial charge in [-0.05, 0) is 35.9 Å². The fraction of sp³-hybridized carbons (Fsp3) is 0.211. The van der Waals surface area contributed by atoms with Crippen molar-refractivity contribution >= 4 is 41.1 Å². The Hall–Kier alpha value is -2.77. The zero-order valence-corrected chi connectivity index (χ0v) is 16.1. The molecule has 2 aromatic rings. The Labute approximate surface area is 171 Å². The van der Waals surface area contributed by atoms with E-state index in [1.54, 1.807) is 42.5 Å². The third kappa shape index (κ3) is 4.94. The summed E-state index contributed by atoms with van der Waals surface area (Å²) in [6.07, 6.45) is 0. The number of carbonyl (C=O) groups is 3. The Balaban J connectivity index is 1.46. The zero-order chi connectivity index (χ0) is 20.1. The number of urea groups is 1. The highest BCUT2D eigenvalue weighted by molar-refractivity contribution is 6.35. The highest BCUT2D eigenvalue weighted by atomic mass is 35.5. The van der Waals surface area contributed by atoms with E-state index in [4.69, 9.17) is 32.7 Å². The molecule has 1 aliphatic rings. The van der Waals surface area contributed by atoms with Gasteiger partial charge in [-0.2, -0.15) is 0 Å². The van der Waals surface area contributed by atoms with Gasteiger partial charge in [0.05, 0.1) is 23.7 Å². The fourth-order valence-corrected chi connectivity index (χ4v) is 2.97. The van der Waals surface area contributed by atoms with Gasteiger partial charge in [-0.15, -0.1) is 0 Å². The van der Waals surface area contributed by atoms with Crippen LogP contribution in [0.15, 0.2) is 42.5 Å². The molecule has 0 bridgehead atoms. The highest BCUT2D eigenvalue weighted by Gasteiger charge is 2.28. The van der Waals surface area contributed by atoms with Crippen LogP contribution in [-0.4, -0.2) is 42.6 Å². The molecule has 3 amide bonds. The van der Waals surface area contributed by atoms with Crippen LogP contribution in [0.1, 0.15) is 15.9 Å². The van der Waals surface area contributed by atoms with Crippen LogP contribution in [-0.2, 0) is 16.1 Å². The lowest BCUT2D eigenvalue weighted by Crippen LogP contribution is -2.30. The lowest BCUT2D eigenvalue weighted by molar-refractivity contribution is -0.125. The van der Waals surface area contributed by atoms with E-state index >= 15 is 0 Å². The summed E-state index contributed by atoms with van der Waals surface area (Å²) in [7, 11) is 0. The summed E-state index contributed by atoms with van der Waals surface area (Å²) in [6.45, 7) is 0.335. The van der Waals surface area contributed by atoms with Crippen LogP contribution in [0.2, 0.25) is 10.0 Å². The van der Waals surface area contributed by atoms with Crippen LogP contribution in [0, 0.1) is 0 Å². The van der Waals surface area contributed by atoms with Crippen molar-refractivity contribution in [2.45, 2.75) is 6.54 Å². The lowest BCUT2D eigenvalue weighted by Gasteiger charge is -2.12. The van der Waals surface area contributed by atoms with Gasteiger partial charge < -0.3 is 14.8 Å². The normalized spacial score (nSPS) is 13.4. The van der Waals surface area contributed by atoms with E-state index in [1.165, 1.54) is 0 Å². The largest absolute Gasteiger partial charge is 0.488 e. The smallest absolute Gasteiger partial charge is 0.338 e. The molecule has 2 aromatic carbocycles. The molecular formula is C19H16Cl2N2O5. The highest BCUT2D eigenvalue weighted by Crippen LogP contribution is 2.27. The molecule has 0 unspecified atom stereocenters. The van der Waals surface area contributed by atoms with Gasteiger partial charge in [0.25, 0.3) is 0 Å². The number of halogens is 2. The molecule has 0 aromatic heterocycles. The number of amides is 3. The monoisotopic (exact) mass is 422 g/mol. The number of hydrogen-bond donors (Lipinski definition) is 1. The van der Waals surface area contributed by atoms with Gasteiger partial charge in [0, 0.05) is 5.02 Å². The summed E-state index contributed by atoms with van der Waals surface area (Å²) in [6, 6.07) is 10.9. The van der Waals surface area contributed by atoms with Crippen molar-refractivity contribution in [2.24, 2.45) is 0 Å². The van der Waals surface area contributed by atoms with Gasteiger partial charge in [-0.1, -0.05) is 35.3 Å². The second kappa shape index (κ2) is 8.95. The summed E-state index contributed by atoms with van der Waals surface area (Å²) in [4.78, 5) is 36.3. The molecule has 1 heterocycles. The minimum absolute atomic E-state index is 0.00649. The molecule has 1 fully saturated rings. The first-order valence-corrected chi connectivity index (χ1v) is 9.12. The minimum atomic E-state index is -0.507. The van der Waals surface area contributed by atoms with E-state index in [2.05, 4.69) is 5.32 Å². The SMILES string of the molecule is O=C(OCCOc1ccc(Cl)cc1Cl)c1ccc(CN2C(=O)CNC2=O)cc1. The molecule has 0 aliphatic carbocycles. The van der Waals surface area contributed by atoms with Crippen LogP contribution in [0.4, 0.5) is 4.79 Å². The Kier molecular flexibility index (Phi) is 6.38. The van der Waals surface area contributed by atoms with E-state index in [0.717, 1.165) is 10.5 Å².